The summed E-state index contributed by atoms with van der Waals surface area (Å²) in [4.78, 5) is 50.6. The van der Waals surface area contributed by atoms with Gasteiger partial charge in [-0.3, -0.25) is 19.3 Å². The molecule has 4 aliphatic rings. The van der Waals surface area contributed by atoms with Gasteiger partial charge in [0.2, 0.25) is 17.7 Å². The van der Waals surface area contributed by atoms with E-state index in [9.17, 15) is 19.5 Å². The Bertz CT molecular complexity index is 1140. The number of rotatable bonds is 14. The van der Waals surface area contributed by atoms with Crippen molar-refractivity contribution in [2.75, 3.05) is 65.6 Å². The van der Waals surface area contributed by atoms with Gasteiger partial charge in [-0.1, -0.05) is 42.5 Å². The Morgan fingerprint density at radius 2 is 1.79 bits per heavy atom. The van der Waals surface area contributed by atoms with Crippen LogP contribution in [0.5, 0.6) is 0 Å². The number of ether oxygens (including phenoxy) is 1. The normalized spacial score (nSPS) is 28.5. The van der Waals surface area contributed by atoms with Gasteiger partial charge in [-0.2, -0.15) is 0 Å². The first-order chi connectivity index (χ1) is 20.4. The summed E-state index contributed by atoms with van der Waals surface area (Å²) in [6, 6.07) is 9.19. The number of aliphatic hydroxyl groups is 1. The summed E-state index contributed by atoms with van der Waals surface area (Å²) in [5.74, 6) is -1.29. The number of hydrogen-bond donors (Lipinski definition) is 1. The Balaban J connectivity index is 1.42. The van der Waals surface area contributed by atoms with Crippen LogP contribution in [-0.2, 0) is 25.7 Å². The minimum absolute atomic E-state index is 0.00830. The number of fused-ring (bicyclic) bond motifs is 1. The Morgan fingerprint density at radius 1 is 1.07 bits per heavy atom. The van der Waals surface area contributed by atoms with Gasteiger partial charge < -0.3 is 24.5 Å². The molecule has 4 fully saturated rings. The fourth-order valence-electron chi connectivity index (χ4n) is 7.31. The van der Waals surface area contributed by atoms with Crippen molar-refractivity contribution in [1.82, 2.24) is 19.6 Å². The molecular weight excluding hydrogens is 552 g/mol. The van der Waals surface area contributed by atoms with Gasteiger partial charge in [0.05, 0.1) is 29.8 Å². The van der Waals surface area contributed by atoms with Gasteiger partial charge in [-0.25, -0.2) is 0 Å². The molecule has 4 heterocycles. The van der Waals surface area contributed by atoms with Gasteiger partial charge in [0, 0.05) is 64.2 Å². The van der Waals surface area contributed by atoms with E-state index in [0.29, 0.717) is 52.4 Å². The second kappa shape index (κ2) is 13.8. The van der Waals surface area contributed by atoms with Gasteiger partial charge in [-0.15, -0.1) is 24.9 Å². The molecule has 4 saturated heterocycles. The molecule has 1 spiro atoms. The summed E-state index contributed by atoms with van der Waals surface area (Å²) in [6.45, 7) is 13.5. The molecule has 42 heavy (non-hydrogen) atoms. The van der Waals surface area contributed by atoms with Crippen molar-refractivity contribution in [3.8, 4) is 0 Å². The molecule has 228 valence electrons. The van der Waals surface area contributed by atoms with Crippen LogP contribution in [0.1, 0.15) is 24.8 Å². The molecule has 1 aromatic rings. The number of amides is 3. The Kier molecular flexibility index (Phi) is 10.1. The number of aliphatic hydroxyl groups excluding tert-OH is 1. The minimum atomic E-state index is -0.666. The first kappa shape index (κ1) is 30.8. The maximum absolute atomic E-state index is 14.5. The number of hydrogen-bond acceptors (Lipinski definition) is 7. The summed E-state index contributed by atoms with van der Waals surface area (Å²) in [5.41, 5.74) is 1.02. The molecule has 10 heteroatoms. The Hall–Kier alpha value is -2.66. The Morgan fingerprint density at radius 3 is 2.48 bits per heavy atom. The number of carbonyl (C=O) groups is 3. The smallest absolute Gasteiger partial charge is 0.247 e. The summed E-state index contributed by atoms with van der Waals surface area (Å²) in [5, 5.41) is 9.66. The van der Waals surface area contributed by atoms with Crippen molar-refractivity contribution >= 4 is 29.5 Å². The average Bonchev–Trinajstić information content (AvgIpc) is 3.65. The third kappa shape index (κ3) is 5.91. The molecule has 1 aromatic carbocycles. The summed E-state index contributed by atoms with van der Waals surface area (Å²) in [6.07, 6.45) is 5.38. The van der Waals surface area contributed by atoms with Crippen LogP contribution in [0.2, 0.25) is 0 Å². The van der Waals surface area contributed by atoms with Gasteiger partial charge >= 0.3 is 0 Å². The zero-order chi connectivity index (χ0) is 29.7. The fourth-order valence-corrected chi connectivity index (χ4v) is 9.51. The highest BCUT2D eigenvalue weighted by Crippen LogP contribution is 2.66. The second-order valence-corrected chi connectivity index (χ2v) is 13.3. The molecule has 5 atom stereocenters. The van der Waals surface area contributed by atoms with Gasteiger partial charge in [-0.05, 0) is 24.8 Å². The lowest BCUT2D eigenvalue weighted by Gasteiger charge is -2.38. The quantitative estimate of drug-likeness (QED) is 0.329. The maximum Gasteiger partial charge on any atom is 0.247 e. The number of nitrogens with zero attached hydrogens (tertiary/aromatic N) is 4. The molecule has 5 rings (SSSR count). The third-order valence-corrected chi connectivity index (χ3v) is 11.2. The number of carbonyl (C=O) groups excluding carboxylic acids is 3. The van der Waals surface area contributed by atoms with E-state index >= 15 is 0 Å². The molecule has 2 unspecified atom stereocenters. The fraction of sp³-hybridized carbons (Fsp3) is 0.594. The lowest BCUT2D eigenvalue weighted by molar-refractivity contribution is -0.145. The van der Waals surface area contributed by atoms with E-state index in [-0.39, 0.29) is 29.6 Å². The molecule has 9 nitrogen and oxygen atoms in total. The molecule has 1 N–H and O–H groups in total. The van der Waals surface area contributed by atoms with Crippen molar-refractivity contribution in [2.24, 2.45) is 11.8 Å². The van der Waals surface area contributed by atoms with Crippen LogP contribution in [0, 0.1) is 11.8 Å². The predicted octanol–water partition coefficient (Wildman–Crippen LogP) is 2.02. The van der Waals surface area contributed by atoms with Gasteiger partial charge in [0.25, 0.3) is 0 Å². The topological polar surface area (TPSA) is 93.6 Å². The predicted molar refractivity (Wildman–Crippen MR) is 164 cm³/mol. The lowest BCUT2D eigenvalue weighted by atomic mass is 9.70. The highest BCUT2D eigenvalue weighted by molar-refractivity contribution is 8.02. The maximum atomic E-state index is 14.5. The largest absolute Gasteiger partial charge is 0.396 e. The molecule has 0 aliphatic carbocycles. The van der Waals surface area contributed by atoms with E-state index in [4.69, 9.17) is 4.74 Å². The van der Waals surface area contributed by atoms with E-state index in [0.717, 1.165) is 38.0 Å². The van der Waals surface area contributed by atoms with Crippen LogP contribution in [0.15, 0.2) is 55.6 Å². The highest BCUT2D eigenvalue weighted by atomic mass is 32.2. The van der Waals surface area contributed by atoms with Crippen molar-refractivity contribution in [3.63, 3.8) is 0 Å². The van der Waals surface area contributed by atoms with Crippen LogP contribution in [0.3, 0.4) is 0 Å². The summed E-state index contributed by atoms with van der Waals surface area (Å²) < 4.78 is 4.83. The lowest BCUT2D eigenvalue weighted by Crippen LogP contribution is -2.56. The highest BCUT2D eigenvalue weighted by Gasteiger charge is 2.74. The zero-order valence-electron chi connectivity index (χ0n) is 24.4. The number of likely N-dealkylation sites (tertiary alicyclic amines) is 1. The van der Waals surface area contributed by atoms with E-state index in [1.54, 1.807) is 33.7 Å². The van der Waals surface area contributed by atoms with Gasteiger partial charge in [0.15, 0.2) is 0 Å². The summed E-state index contributed by atoms with van der Waals surface area (Å²) >= 11 is 1.69. The molecule has 0 aromatic heterocycles. The van der Waals surface area contributed by atoms with Crippen LogP contribution in [0.4, 0.5) is 0 Å². The first-order valence-electron chi connectivity index (χ1n) is 15.2. The van der Waals surface area contributed by atoms with Crippen LogP contribution in [-0.4, -0.2) is 124 Å². The van der Waals surface area contributed by atoms with E-state index in [2.05, 4.69) is 18.1 Å². The van der Waals surface area contributed by atoms with E-state index in [1.807, 2.05) is 35.2 Å². The molecule has 3 amide bonds. The van der Waals surface area contributed by atoms with Crippen LogP contribution >= 0.6 is 11.8 Å². The Labute approximate surface area is 253 Å². The van der Waals surface area contributed by atoms with Crippen molar-refractivity contribution in [1.29, 1.82) is 0 Å². The molecule has 2 bridgehead atoms. The molecule has 4 aliphatic heterocycles. The average molecular weight is 597 g/mol. The van der Waals surface area contributed by atoms with Crippen LogP contribution < -0.4 is 0 Å². The number of thioether (sulfide) groups is 1. The molecule has 0 saturated carbocycles. The van der Waals surface area contributed by atoms with Gasteiger partial charge in [0.1, 0.15) is 6.04 Å². The van der Waals surface area contributed by atoms with Crippen molar-refractivity contribution < 1.29 is 24.2 Å². The molecule has 0 radical (unpaired) electrons. The zero-order valence-corrected chi connectivity index (χ0v) is 25.3. The number of morpholine rings is 1. The SMILES string of the molecule is C=CCN(CCN1CCOCC1)C(=O)C1N(CCCO)C(=O)[C@@H]2[C@@H](C(=O)N(CC=C)Cc3ccccc3)[C@H]3CCC12S3. The second-order valence-electron chi connectivity index (χ2n) is 11.7. The monoisotopic (exact) mass is 596 g/mol. The standard InChI is InChI=1S/C32H44N4O5S/c1-3-13-34(17-16-33-18-21-41-22-19-33)31(40)28-32-12-11-25(42-32)26(27(32)30(39)36(28)15-8-20-37)29(38)35(14-4-2)23-24-9-6-5-7-10-24/h3-7,9-10,25-28,37H,1-2,8,11-23H2/t25-,26+,27+,28?,32?/m1/s1. The third-order valence-electron chi connectivity index (χ3n) is 9.20. The summed E-state index contributed by atoms with van der Waals surface area (Å²) in [7, 11) is 0. The van der Waals surface area contributed by atoms with E-state index < -0.39 is 22.6 Å². The molecular formula is C32H44N4O5S. The van der Waals surface area contributed by atoms with E-state index in [1.165, 1.54) is 0 Å². The first-order valence-corrected chi connectivity index (χ1v) is 16.1. The minimum Gasteiger partial charge on any atom is -0.396 e. The van der Waals surface area contributed by atoms with Crippen LogP contribution in [0.25, 0.3) is 0 Å². The number of benzene rings is 1. The van der Waals surface area contributed by atoms with Crippen molar-refractivity contribution in [2.45, 2.75) is 41.8 Å². The van der Waals surface area contributed by atoms with Crippen molar-refractivity contribution in [3.05, 3.63) is 61.2 Å².